The Kier molecular flexibility index (Phi) is 3.43. The quantitative estimate of drug-likeness (QED) is 0.765. The molecule has 0 N–H and O–H groups in total. The number of carbonyl (C=O) groups excluding carboxylic acids is 1. The third-order valence-electron chi connectivity index (χ3n) is 1.37. The molecule has 0 aromatic carbocycles. The van der Waals surface area contributed by atoms with E-state index in [4.69, 9.17) is 0 Å². The van der Waals surface area contributed by atoms with Gasteiger partial charge in [-0.1, -0.05) is 0 Å². The first kappa shape index (κ1) is 9.89. The number of carbonyl (C=O) groups is 1. The zero-order chi connectivity index (χ0) is 9.14. The summed E-state index contributed by atoms with van der Waals surface area (Å²) in [6.07, 6.45) is 0. The molecule has 0 amide bonds. The van der Waals surface area contributed by atoms with Crippen molar-refractivity contribution in [1.82, 2.24) is 4.90 Å². The number of halogens is 1. The summed E-state index contributed by atoms with van der Waals surface area (Å²) in [4.78, 5) is 13.3. The van der Waals surface area contributed by atoms with E-state index in [1.165, 1.54) is 11.3 Å². The van der Waals surface area contributed by atoms with Crippen LogP contribution in [-0.4, -0.2) is 31.3 Å². The molecule has 0 saturated carbocycles. The van der Waals surface area contributed by atoms with Crippen molar-refractivity contribution < 1.29 is 4.79 Å². The average Bonchev–Trinajstić information content (AvgIpc) is 2.33. The fourth-order valence-corrected chi connectivity index (χ4v) is 2.37. The fourth-order valence-electron chi connectivity index (χ4n) is 0.853. The van der Waals surface area contributed by atoms with Crippen molar-refractivity contribution in [3.8, 4) is 0 Å². The van der Waals surface area contributed by atoms with Gasteiger partial charge in [0.1, 0.15) is 0 Å². The van der Waals surface area contributed by atoms with Crippen LogP contribution in [0.3, 0.4) is 0 Å². The molecule has 0 bridgehead atoms. The molecule has 1 aromatic heterocycles. The van der Waals surface area contributed by atoms with Crippen molar-refractivity contribution in [2.75, 3.05) is 20.6 Å². The topological polar surface area (TPSA) is 20.3 Å². The van der Waals surface area contributed by atoms with E-state index >= 15 is 0 Å². The molecule has 1 heterocycles. The van der Waals surface area contributed by atoms with E-state index in [1.54, 1.807) is 0 Å². The Hall–Kier alpha value is -0.190. The smallest absolute Gasteiger partial charge is 0.178 e. The van der Waals surface area contributed by atoms with Gasteiger partial charge in [-0.2, -0.15) is 11.3 Å². The van der Waals surface area contributed by atoms with Crippen LogP contribution < -0.4 is 0 Å². The highest BCUT2D eigenvalue weighted by molar-refractivity contribution is 9.10. The molecule has 0 radical (unpaired) electrons. The average molecular weight is 248 g/mol. The van der Waals surface area contributed by atoms with E-state index < -0.39 is 0 Å². The van der Waals surface area contributed by atoms with Gasteiger partial charge in [0, 0.05) is 20.8 Å². The molecule has 12 heavy (non-hydrogen) atoms. The predicted molar refractivity (Wildman–Crippen MR) is 54.9 cm³/mol. The minimum absolute atomic E-state index is 0.160. The second kappa shape index (κ2) is 4.16. The summed E-state index contributed by atoms with van der Waals surface area (Å²) in [7, 11) is 3.77. The molecule has 0 aliphatic carbocycles. The lowest BCUT2D eigenvalue weighted by molar-refractivity contribution is 0.0957. The Morgan fingerprint density at radius 2 is 2.25 bits per heavy atom. The summed E-state index contributed by atoms with van der Waals surface area (Å²) < 4.78 is 0.902. The van der Waals surface area contributed by atoms with Crippen LogP contribution in [0.25, 0.3) is 0 Å². The predicted octanol–water partition coefficient (Wildman–Crippen LogP) is 2.25. The van der Waals surface area contributed by atoms with Crippen LogP contribution in [0, 0.1) is 0 Å². The Bertz CT molecular complexity index is 282. The Balaban J connectivity index is 2.72. The van der Waals surface area contributed by atoms with Gasteiger partial charge in [0.15, 0.2) is 5.78 Å². The molecule has 0 fully saturated rings. The third kappa shape index (κ3) is 2.40. The highest BCUT2D eigenvalue weighted by atomic mass is 79.9. The van der Waals surface area contributed by atoms with Crippen molar-refractivity contribution in [3.05, 3.63) is 20.8 Å². The molecule has 0 saturated heterocycles. The number of likely N-dealkylation sites (N-methyl/N-ethyl adjacent to an activating group) is 1. The number of nitrogens with zero attached hydrogens (tertiary/aromatic N) is 1. The lowest BCUT2D eigenvalue weighted by Crippen LogP contribution is -2.21. The van der Waals surface area contributed by atoms with Gasteiger partial charge in [-0.25, -0.2) is 0 Å². The second-order valence-electron chi connectivity index (χ2n) is 2.79. The van der Waals surface area contributed by atoms with Crippen LogP contribution in [0.2, 0.25) is 0 Å². The standard InChI is InChI=1S/C8H10BrNOS/c1-10(2)3-8(11)6-4-12-5-7(6)9/h4-5H,3H2,1-2H3. The van der Waals surface area contributed by atoms with E-state index in [-0.39, 0.29) is 5.78 Å². The largest absolute Gasteiger partial charge is 0.302 e. The Labute approximate surface area is 84.3 Å². The molecule has 66 valence electrons. The lowest BCUT2D eigenvalue weighted by atomic mass is 10.2. The van der Waals surface area contributed by atoms with Gasteiger partial charge < -0.3 is 4.90 Å². The van der Waals surface area contributed by atoms with Gasteiger partial charge >= 0.3 is 0 Å². The van der Waals surface area contributed by atoms with Crippen LogP contribution in [0.5, 0.6) is 0 Å². The second-order valence-corrected chi connectivity index (χ2v) is 4.39. The van der Waals surface area contributed by atoms with Gasteiger partial charge in [-0.15, -0.1) is 0 Å². The van der Waals surface area contributed by atoms with E-state index in [0.717, 1.165) is 10.0 Å². The van der Waals surface area contributed by atoms with Crippen LogP contribution in [0.1, 0.15) is 10.4 Å². The van der Waals surface area contributed by atoms with Crippen molar-refractivity contribution in [1.29, 1.82) is 0 Å². The molecule has 0 unspecified atom stereocenters. The molecule has 1 aromatic rings. The maximum Gasteiger partial charge on any atom is 0.178 e. The molecule has 0 atom stereocenters. The number of thiophene rings is 1. The van der Waals surface area contributed by atoms with Crippen LogP contribution >= 0.6 is 27.3 Å². The first-order valence-electron chi connectivity index (χ1n) is 3.51. The molecule has 0 spiro atoms. The SMILES string of the molecule is CN(C)CC(=O)c1cscc1Br. The summed E-state index contributed by atoms with van der Waals surface area (Å²) in [5.74, 6) is 0.160. The minimum atomic E-state index is 0.160. The maximum atomic E-state index is 11.5. The van der Waals surface area contributed by atoms with Gasteiger partial charge in [0.05, 0.1) is 6.54 Å². The van der Waals surface area contributed by atoms with Crippen LogP contribution in [0.4, 0.5) is 0 Å². The number of rotatable bonds is 3. The third-order valence-corrected chi connectivity index (χ3v) is 3.08. The molecule has 2 nitrogen and oxygen atoms in total. The number of hydrogen-bond donors (Lipinski definition) is 0. The molecular weight excluding hydrogens is 238 g/mol. The van der Waals surface area contributed by atoms with Crippen molar-refractivity contribution in [2.45, 2.75) is 0 Å². The summed E-state index contributed by atoms with van der Waals surface area (Å²) in [5.41, 5.74) is 0.786. The summed E-state index contributed by atoms with van der Waals surface area (Å²) >= 11 is 4.86. The van der Waals surface area contributed by atoms with E-state index in [2.05, 4.69) is 15.9 Å². The number of ketones is 1. The van der Waals surface area contributed by atoms with Gasteiger partial charge in [-0.3, -0.25) is 4.79 Å². The minimum Gasteiger partial charge on any atom is -0.302 e. The number of hydrogen-bond acceptors (Lipinski definition) is 3. The normalized spacial score (nSPS) is 10.7. The Morgan fingerprint density at radius 1 is 1.58 bits per heavy atom. The lowest BCUT2D eigenvalue weighted by Gasteiger charge is -2.06. The zero-order valence-electron chi connectivity index (χ0n) is 7.00. The Morgan fingerprint density at radius 3 is 2.67 bits per heavy atom. The first-order valence-corrected chi connectivity index (χ1v) is 5.24. The zero-order valence-corrected chi connectivity index (χ0v) is 9.41. The van der Waals surface area contributed by atoms with Crippen molar-refractivity contribution in [3.63, 3.8) is 0 Å². The molecule has 0 aliphatic rings. The van der Waals surface area contributed by atoms with E-state index in [9.17, 15) is 4.79 Å². The highest BCUT2D eigenvalue weighted by Crippen LogP contribution is 2.21. The fraction of sp³-hybridized carbons (Fsp3) is 0.375. The molecule has 0 aliphatic heterocycles. The van der Waals surface area contributed by atoms with Gasteiger partial charge in [0.25, 0.3) is 0 Å². The van der Waals surface area contributed by atoms with Crippen LogP contribution in [-0.2, 0) is 0 Å². The van der Waals surface area contributed by atoms with Crippen LogP contribution in [0.15, 0.2) is 15.2 Å². The number of Topliss-reactive ketones (excluding diaryl/α,β-unsaturated/α-hetero) is 1. The van der Waals surface area contributed by atoms with Gasteiger partial charge in [0.2, 0.25) is 0 Å². The van der Waals surface area contributed by atoms with E-state index in [0.29, 0.717) is 6.54 Å². The van der Waals surface area contributed by atoms with Crippen molar-refractivity contribution in [2.24, 2.45) is 0 Å². The van der Waals surface area contributed by atoms with E-state index in [1.807, 2.05) is 29.8 Å². The summed E-state index contributed by atoms with van der Waals surface area (Å²) in [5, 5.41) is 3.79. The summed E-state index contributed by atoms with van der Waals surface area (Å²) in [6.45, 7) is 0.468. The highest BCUT2D eigenvalue weighted by Gasteiger charge is 2.10. The molecule has 1 rings (SSSR count). The monoisotopic (exact) mass is 247 g/mol. The first-order chi connectivity index (χ1) is 5.61. The van der Waals surface area contributed by atoms with Gasteiger partial charge in [-0.05, 0) is 30.0 Å². The molecular formula is C8H10BrNOS. The summed E-state index contributed by atoms with van der Waals surface area (Å²) in [6, 6.07) is 0. The van der Waals surface area contributed by atoms with Crippen molar-refractivity contribution >= 4 is 33.0 Å². The molecule has 4 heteroatoms. The maximum absolute atomic E-state index is 11.5.